The van der Waals surface area contributed by atoms with Crippen LogP contribution in [-0.2, 0) is 11.2 Å². The Morgan fingerprint density at radius 2 is 1.90 bits per heavy atom. The summed E-state index contributed by atoms with van der Waals surface area (Å²) in [6.07, 6.45) is 7.14. The molecule has 166 valence electrons. The van der Waals surface area contributed by atoms with E-state index in [9.17, 15) is 4.79 Å². The van der Waals surface area contributed by atoms with Crippen molar-refractivity contribution in [3.8, 4) is 5.88 Å². The molecule has 5 heteroatoms. The molecule has 31 heavy (non-hydrogen) atoms. The summed E-state index contributed by atoms with van der Waals surface area (Å²) in [6, 6.07) is 14.7. The summed E-state index contributed by atoms with van der Waals surface area (Å²) >= 11 is 0. The first-order valence-electron chi connectivity index (χ1n) is 11.8. The van der Waals surface area contributed by atoms with E-state index in [1.54, 1.807) is 6.20 Å². The summed E-state index contributed by atoms with van der Waals surface area (Å²) in [5.74, 6) is 1.85. The average molecular weight is 422 g/mol. The summed E-state index contributed by atoms with van der Waals surface area (Å²) < 4.78 is 5.84. The highest BCUT2D eigenvalue weighted by Crippen LogP contribution is 2.24. The van der Waals surface area contributed by atoms with E-state index in [1.165, 1.54) is 31.4 Å². The summed E-state index contributed by atoms with van der Waals surface area (Å²) in [7, 11) is 0. The fourth-order valence-electron chi connectivity index (χ4n) is 4.79. The van der Waals surface area contributed by atoms with Gasteiger partial charge in [-0.15, -0.1) is 0 Å². The van der Waals surface area contributed by atoms with Crippen LogP contribution < -0.4 is 4.74 Å². The van der Waals surface area contributed by atoms with E-state index in [0.717, 1.165) is 38.2 Å². The topological polar surface area (TPSA) is 45.7 Å². The van der Waals surface area contributed by atoms with Crippen molar-refractivity contribution in [3.05, 3.63) is 59.8 Å². The maximum Gasteiger partial charge on any atom is 0.223 e. The predicted molar refractivity (Wildman–Crippen MR) is 123 cm³/mol. The second-order valence-corrected chi connectivity index (χ2v) is 9.23. The van der Waals surface area contributed by atoms with Gasteiger partial charge in [-0.3, -0.25) is 4.79 Å². The van der Waals surface area contributed by atoms with Gasteiger partial charge in [0.1, 0.15) is 0 Å². The van der Waals surface area contributed by atoms with Gasteiger partial charge in [-0.2, -0.15) is 0 Å². The fraction of sp³-hybridized carbons (Fsp3) is 0.538. The molecule has 4 rings (SSSR count). The summed E-state index contributed by atoms with van der Waals surface area (Å²) in [6.45, 7) is 7.83. The molecule has 2 aromatic rings. The van der Waals surface area contributed by atoms with Crippen LogP contribution in [0.5, 0.6) is 5.88 Å². The zero-order valence-corrected chi connectivity index (χ0v) is 18.7. The molecule has 0 saturated carbocycles. The third-order valence-electron chi connectivity index (χ3n) is 6.62. The summed E-state index contributed by atoms with van der Waals surface area (Å²) in [4.78, 5) is 21.4. The van der Waals surface area contributed by atoms with Crippen LogP contribution in [0.1, 0.15) is 36.8 Å². The molecule has 1 unspecified atom stereocenters. The zero-order valence-electron chi connectivity index (χ0n) is 18.7. The summed E-state index contributed by atoms with van der Waals surface area (Å²) in [5.41, 5.74) is 2.57. The highest BCUT2D eigenvalue weighted by Gasteiger charge is 2.32. The molecule has 0 bridgehead atoms. The van der Waals surface area contributed by atoms with Gasteiger partial charge in [-0.25, -0.2) is 4.98 Å². The van der Waals surface area contributed by atoms with Gasteiger partial charge in [-0.1, -0.05) is 30.3 Å². The van der Waals surface area contributed by atoms with E-state index in [4.69, 9.17) is 4.74 Å². The molecule has 0 radical (unpaired) electrons. The number of aromatic nitrogens is 1. The third-order valence-corrected chi connectivity index (χ3v) is 6.62. The van der Waals surface area contributed by atoms with E-state index in [1.807, 2.05) is 19.1 Å². The Kier molecular flexibility index (Phi) is 7.57. The lowest BCUT2D eigenvalue weighted by molar-refractivity contribution is -0.128. The molecule has 2 fully saturated rings. The minimum absolute atomic E-state index is 0.271. The Morgan fingerprint density at radius 3 is 2.68 bits per heavy atom. The van der Waals surface area contributed by atoms with Gasteiger partial charge in [0.15, 0.2) is 0 Å². The number of carbonyl (C=O) groups is 1. The van der Waals surface area contributed by atoms with Crippen molar-refractivity contribution < 1.29 is 9.53 Å². The number of likely N-dealkylation sites (tertiary alicyclic amines) is 2. The number of benzene rings is 1. The van der Waals surface area contributed by atoms with Crippen LogP contribution >= 0.6 is 0 Å². The third kappa shape index (κ3) is 6.54. The van der Waals surface area contributed by atoms with E-state index in [2.05, 4.69) is 45.1 Å². The zero-order chi connectivity index (χ0) is 21.5. The molecular formula is C26H35N3O2. The van der Waals surface area contributed by atoms with Crippen molar-refractivity contribution in [1.29, 1.82) is 0 Å². The smallest absolute Gasteiger partial charge is 0.223 e. The molecule has 1 atom stereocenters. The number of carbonyl (C=O) groups excluding carboxylic acids is 1. The number of hydrogen-bond acceptors (Lipinski definition) is 4. The van der Waals surface area contributed by atoms with Crippen LogP contribution in [0, 0.1) is 18.8 Å². The molecule has 1 aromatic carbocycles. The lowest BCUT2D eigenvalue weighted by Gasteiger charge is -2.34. The van der Waals surface area contributed by atoms with Gasteiger partial charge >= 0.3 is 0 Å². The van der Waals surface area contributed by atoms with Crippen LogP contribution in [0.15, 0.2) is 48.7 Å². The molecule has 2 saturated heterocycles. The van der Waals surface area contributed by atoms with E-state index in [-0.39, 0.29) is 11.8 Å². The Labute approximate surface area is 186 Å². The maximum absolute atomic E-state index is 12.5. The maximum atomic E-state index is 12.5. The minimum Gasteiger partial charge on any atom is -0.477 e. The molecule has 1 aromatic heterocycles. The average Bonchev–Trinajstić information content (AvgIpc) is 3.13. The number of nitrogens with zero attached hydrogens (tertiary/aromatic N) is 3. The molecule has 2 aliphatic heterocycles. The standard InChI is InChI=1S/C26H35N3O2/c1-21-9-12-27-25(16-21)31-20-24-17-26(30)29(19-24)18-23-10-14-28(15-11-23)13-5-8-22-6-3-2-4-7-22/h2-4,6-7,9,12,16,23-24H,5,8,10-11,13-15,17-20H2,1H3. The Hall–Kier alpha value is -2.40. The van der Waals surface area contributed by atoms with Crippen LogP contribution in [-0.4, -0.2) is 60.0 Å². The molecule has 0 N–H and O–H groups in total. The number of amides is 1. The van der Waals surface area contributed by atoms with Crippen molar-refractivity contribution in [1.82, 2.24) is 14.8 Å². The minimum atomic E-state index is 0.271. The van der Waals surface area contributed by atoms with Crippen LogP contribution in [0.3, 0.4) is 0 Å². The van der Waals surface area contributed by atoms with E-state index < -0.39 is 0 Å². The number of pyridine rings is 1. The summed E-state index contributed by atoms with van der Waals surface area (Å²) in [5, 5.41) is 0. The van der Waals surface area contributed by atoms with Gasteiger partial charge in [0.05, 0.1) is 6.61 Å². The van der Waals surface area contributed by atoms with Crippen LogP contribution in [0.2, 0.25) is 0 Å². The highest BCUT2D eigenvalue weighted by molar-refractivity contribution is 5.78. The number of hydrogen-bond donors (Lipinski definition) is 0. The lowest BCUT2D eigenvalue weighted by atomic mass is 9.96. The second kappa shape index (κ2) is 10.8. The molecule has 0 spiro atoms. The number of aryl methyl sites for hydroxylation is 2. The van der Waals surface area contributed by atoms with E-state index >= 15 is 0 Å². The van der Waals surface area contributed by atoms with E-state index in [0.29, 0.717) is 24.8 Å². The number of rotatable bonds is 9. The first-order valence-corrected chi connectivity index (χ1v) is 11.8. The Balaban J connectivity index is 1.14. The predicted octanol–water partition coefficient (Wildman–Crippen LogP) is 3.96. The molecular weight excluding hydrogens is 386 g/mol. The lowest BCUT2D eigenvalue weighted by Crippen LogP contribution is -2.39. The largest absolute Gasteiger partial charge is 0.477 e. The molecule has 1 amide bonds. The molecule has 0 aliphatic carbocycles. The van der Waals surface area contributed by atoms with Crippen molar-refractivity contribution in [2.75, 3.05) is 39.3 Å². The number of ether oxygens (including phenoxy) is 1. The van der Waals surface area contributed by atoms with Crippen molar-refractivity contribution in [2.45, 2.75) is 39.0 Å². The Morgan fingerprint density at radius 1 is 1.10 bits per heavy atom. The van der Waals surface area contributed by atoms with Gasteiger partial charge in [-0.05, 0) is 75.4 Å². The van der Waals surface area contributed by atoms with Gasteiger partial charge in [0.2, 0.25) is 11.8 Å². The van der Waals surface area contributed by atoms with Gasteiger partial charge in [0, 0.05) is 37.7 Å². The highest BCUT2D eigenvalue weighted by atomic mass is 16.5. The Bertz CT molecular complexity index is 834. The van der Waals surface area contributed by atoms with Crippen LogP contribution in [0.25, 0.3) is 0 Å². The first-order chi connectivity index (χ1) is 15.2. The SMILES string of the molecule is Cc1ccnc(OCC2CC(=O)N(CC3CCN(CCCc4ccccc4)CC3)C2)c1. The molecule has 5 nitrogen and oxygen atoms in total. The quantitative estimate of drug-likeness (QED) is 0.615. The molecule has 3 heterocycles. The molecule has 2 aliphatic rings. The first kappa shape index (κ1) is 21.8. The van der Waals surface area contributed by atoms with Crippen molar-refractivity contribution >= 4 is 5.91 Å². The monoisotopic (exact) mass is 421 g/mol. The number of piperidine rings is 1. The van der Waals surface area contributed by atoms with Crippen LogP contribution in [0.4, 0.5) is 0 Å². The van der Waals surface area contributed by atoms with Gasteiger partial charge < -0.3 is 14.5 Å². The van der Waals surface area contributed by atoms with Crippen molar-refractivity contribution in [3.63, 3.8) is 0 Å². The second-order valence-electron chi connectivity index (χ2n) is 9.23. The fourth-order valence-corrected chi connectivity index (χ4v) is 4.79. The van der Waals surface area contributed by atoms with Crippen molar-refractivity contribution in [2.24, 2.45) is 11.8 Å². The van der Waals surface area contributed by atoms with Gasteiger partial charge in [0.25, 0.3) is 0 Å². The normalized spacial score (nSPS) is 20.4.